The molecule has 4 aromatic rings. The van der Waals surface area contributed by atoms with Gasteiger partial charge >= 0.3 is 0 Å². The molecule has 4 nitrogen and oxygen atoms in total. The number of nitrogens with one attached hydrogen (secondary N) is 1. The number of ether oxygens (including phenoxy) is 1. The fourth-order valence-electron chi connectivity index (χ4n) is 3.94. The van der Waals surface area contributed by atoms with Crippen LogP contribution in [0.3, 0.4) is 0 Å². The van der Waals surface area contributed by atoms with Gasteiger partial charge in [-0.25, -0.2) is 0 Å². The number of hydrogen-bond donors (Lipinski definition) is 2. The van der Waals surface area contributed by atoms with Gasteiger partial charge in [0.05, 0.1) is 0 Å². The number of aryl methyl sites for hydroxylation is 3. The summed E-state index contributed by atoms with van der Waals surface area (Å²) >= 11 is 1.35. The fraction of sp³-hybridized carbons (Fsp3) is 0.250. The van der Waals surface area contributed by atoms with Crippen molar-refractivity contribution in [2.45, 2.75) is 33.6 Å². The minimum atomic E-state index is -0.0664. The van der Waals surface area contributed by atoms with E-state index in [2.05, 4.69) is 24.4 Å². The summed E-state index contributed by atoms with van der Waals surface area (Å²) in [7, 11) is 0. The lowest BCUT2D eigenvalue weighted by molar-refractivity contribution is 0.104. The van der Waals surface area contributed by atoms with Crippen LogP contribution in [0.25, 0.3) is 10.1 Å². The zero-order valence-electron chi connectivity index (χ0n) is 19.3. The van der Waals surface area contributed by atoms with E-state index in [0.29, 0.717) is 21.9 Å². The minimum Gasteiger partial charge on any atom is -0.508 e. The predicted octanol–water partition coefficient (Wildman–Crippen LogP) is 6.79. The van der Waals surface area contributed by atoms with Crippen LogP contribution in [0.2, 0.25) is 0 Å². The first kappa shape index (κ1) is 23.0. The molecule has 0 aliphatic rings. The van der Waals surface area contributed by atoms with Crippen molar-refractivity contribution in [1.29, 1.82) is 0 Å². The van der Waals surface area contributed by atoms with Crippen molar-refractivity contribution >= 4 is 27.2 Å². The molecule has 0 saturated carbocycles. The summed E-state index contributed by atoms with van der Waals surface area (Å²) in [6.07, 6.45) is 2.09. The van der Waals surface area contributed by atoms with E-state index in [1.54, 1.807) is 12.1 Å². The molecule has 1 heterocycles. The van der Waals surface area contributed by atoms with Gasteiger partial charge in [-0.3, -0.25) is 4.79 Å². The third-order valence-corrected chi connectivity index (χ3v) is 6.81. The Labute approximate surface area is 198 Å². The Morgan fingerprint density at radius 3 is 2.55 bits per heavy atom. The van der Waals surface area contributed by atoms with Gasteiger partial charge in [-0.1, -0.05) is 42.8 Å². The number of fused-ring (bicyclic) bond motifs is 1. The smallest absolute Gasteiger partial charge is 0.207 e. The summed E-state index contributed by atoms with van der Waals surface area (Å²) in [5, 5.41) is 14.1. The Morgan fingerprint density at radius 2 is 1.82 bits per heavy atom. The van der Waals surface area contributed by atoms with Crippen LogP contribution in [0, 0.1) is 13.8 Å². The molecule has 1 aromatic heterocycles. The minimum absolute atomic E-state index is 0.0664. The predicted molar refractivity (Wildman–Crippen MR) is 136 cm³/mol. The molecular formula is C28H29NO3S. The van der Waals surface area contributed by atoms with Crippen LogP contribution < -0.4 is 10.1 Å². The topological polar surface area (TPSA) is 58.6 Å². The third-order valence-electron chi connectivity index (χ3n) is 5.67. The number of aromatic hydroxyl groups is 1. The largest absolute Gasteiger partial charge is 0.508 e. The first-order chi connectivity index (χ1) is 16.0. The molecule has 2 N–H and O–H groups in total. The number of ketones is 1. The summed E-state index contributed by atoms with van der Waals surface area (Å²) in [5.41, 5.74) is 3.98. The first-order valence-corrected chi connectivity index (χ1v) is 12.1. The maximum atomic E-state index is 13.5. The second-order valence-corrected chi connectivity index (χ2v) is 9.34. The first-order valence-electron chi connectivity index (χ1n) is 11.3. The number of hydrogen-bond acceptors (Lipinski definition) is 5. The summed E-state index contributed by atoms with van der Waals surface area (Å²) < 4.78 is 7.12. The van der Waals surface area contributed by atoms with Crippen LogP contribution in [0.4, 0.5) is 0 Å². The highest BCUT2D eigenvalue weighted by atomic mass is 32.1. The van der Waals surface area contributed by atoms with Gasteiger partial charge in [0.15, 0.2) is 5.75 Å². The molecule has 0 radical (unpaired) electrons. The maximum Gasteiger partial charge on any atom is 0.207 e. The van der Waals surface area contributed by atoms with Crippen molar-refractivity contribution in [1.82, 2.24) is 5.32 Å². The van der Waals surface area contributed by atoms with Gasteiger partial charge in [0.2, 0.25) is 5.78 Å². The molecule has 170 valence electrons. The highest BCUT2D eigenvalue weighted by molar-refractivity contribution is 7.21. The van der Waals surface area contributed by atoms with Gasteiger partial charge in [0.1, 0.15) is 16.4 Å². The molecule has 0 atom stereocenters. The van der Waals surface area contributed by atoms with E-state index in [4.69, 9.17) is 4.74 Å². The van der Waals surface area contributed by atoms with Gasteiger partial charge in [0.25, 0.3) is 0 Å². The summed E-state index contributed by atoms with van der Waals surface area (Å²) in [5.74, 6) is 1.33. The maximum absolute atomic E-state index is 13.5. The van der Waals surface area contributed by atoms with Gasteiger partial charge in [-0.05, 0) is 81.2 Å². The highest BCUT2D eigenvalue weighted by Gasteiger charge is 2.23. The Hall–Kier alpha value is -3.15. The van der Waals surface area contributed by atoms with Gasteiger partial charge < -0.3 is 15.2 Å². The zero-order valence-corrected chi connectivity index (χ0v) is 20.1. The van der Waals surface area contributed by atoms with Crippen LogP contribution in [0.1, 0.15) is 45.3 Å². The van der Waals surface area contributed by atoms with Crippen LogP contribution in [-0.4, -0.2) is 24.0 Å². The number of benzene rings is 3. The van der Waals surface area contributed by atoms with E-state index in [1.807, 2.05) is 50.2 Å². The Balaban J connectivity index is 1.66. The Bertz CT molecular complexity index is 1270. The molecule has 33 heavy (non-hydrogen) atoms. The monoisotopic (exact) mass is 459 g/mol. The van der Waals surface area contributed by atoms with E-state index < -0.39 is 0 Å². The molecule has 0 amide bonds. The quantitative estimate of drug-likeness (QED) is 0.214. The third kappa shape index (κ3) is 5.27. The molecule has 0 bridgehead atoms. The van der Waals surface area contributed by atoms with Crippen LogP contribution in [-0.2, 0) is 6.42 Å². The lowest BCUT2D eigenvalue weighted by Crippen LogP contribution is -2.14. The summed E-state index contributed by atoms with van der Waals surface area (Å²) in [4.78, 5) is 14.1. The molecule has 0 aliphatic carbocycles. The average molecular weight is 460 g/mol. The van der Waals surface area contributed by atoms with Crippen molar-refractivity contribution in [3.05, 3.63) is 87.8 Å². The van der Waals surface area contributed by atoms with Crippen molar-refractivity contribution < 1.29 is 14.6 Å². The Kier molecular flexibility index (Phi) is 7.11. The fourth-order valence-corrected chi connectivity index (χ4v) is 5.06. The number of phenols is 1. The van der Waals surface area contributed by atoms with Crippen LogP contribution >= 0.6 is 11.3 Å². The second-order valence-electron chi connectivity index (χ2n) is 8.29. The lowest BCUT2D eigenvalue weighted by Gasteiger charge is -2.10. The number of thiophene rings is 1. The molecule has 0 spiro atoms. The van der Waals surface area contributed by atoms with E-state index in [9.17, 15) is 9.90 Å². The number of rotatable bonds is 9. The Morgan fingerprint density at radius 1 is 1.03 bits per heavy atom. The molecule has 0 fully saturated rings. The van der Waals surface area contributed by atoms with E-state index in [-0.39, 0.29) is 11.5 Å². The molecule has 0 saturated heterocycles. The molecule has 3 aromatic carbocycles. The molecule has 4 rings (SSSR count). The normalized spacial score (nSPS) is 11.1. The zero-order chi connectivity index (χ0) is 23.4. The van der Waals surface area contributed by atoms with Crippen molar-refractivity contribution in [3.8, 4) is 17.2 Å². The summed E-state index contributed by atoms with van der Waals surface area (Å²) in [6, 6.07) is 19.0. The lowest BCUT2D eigenvalue weighted by atomic mass is 10.0. The standard InChI is InChI=1S/C28H29NO3S/c1-4-29-15-5-6-20-8-11-22(12-9-20)32-27-24-14-10-21(30)17-25(24)33-28(27)26(31)23-13-7-18(2)16-19(23)3/h7-14,16-17,29-30H,4-6,15H2,1-3H3. The van der Waals surface area contributed by atoms with Gasteiger partial charge in [-0.15, -0.1) is 11.3 Å². The van der Waals surface area contributed by atoms with Crippen LogP contribution in [0.5, 0.6) is 17.2 Å². The van der Waals surface area contributed by atoms with Crippen molar-refractivity contribution in [2.75, 3.05) is 13.1 Å². The van der Waals surface area contributed by atoms with Gasteiger partial charge in [-0.2, -0.15) is 0 Å². The summed E-state index contributed by atoms with van der Waals surface area (Å²) in [6.45, 7) is 8.08. The molecule has 0 unspecified atom stereocenters. The molecular weight excluding hydrogens is 430 g/mol. The van der Waals surface area contributed by atoms with Crippen LogP contribution in [0.15, 0.2) is 60.7 Å². The highest BCUT2D eigenvalue weighted by Crippen LogP contribution is 2.43. The number of carbonyl (C=O) groups excluding carboxylic acids is 1. The number of carbonyl (C=O) groups is 1. The van der Waals surface area contributed by atoms with E-state index in [0.717, 1.165) is 47.1 Å². The molecule has 0 aliphatic heterocycles. The van der Waals surface area contributed by atoms with Crippen molar-refractivity contribution in [3.63, 3.8) is 0 Å². The van der Waals surface area contributed by atoms with E-state index >= 15 is 0 Å². The second kappa shape index (κ2) is 10.2. The number of phenolic OH excluding ortho intramolecular Hbond substituents is 1. The SMILES string of the molecule is CCNCCCc1ccc(Oc2c(C(=O)c3ccc(C)cc3C)sc3cc(O)ccc23)cc1. The van der Waals surface area contributed by atoms with Crippen molar-refractivity contribution in [2.24, 2.45) is 0 Å². The van der Waals surface area contributed by atoms with E-state index in [1.165, 1.54) is 16.9 Å². The molecule has 5 heteroatoms. The average Bonchev–Trinajstić information content (AvgIpc) is 3.14. The van der Waals surface area contributed by atoms with Gasteiger partial charge in [0, 0.05) is 15.6 Å².